The second kappa shape index (κ2) is 9.57. The topological polar surface area (TPSA) is 64.0 Å². The Bertz CT molecular complexity index is 1230. The van der Waals surface area contributed by atoms with Crippen molar-refractivity contribution in [3.05, 3.63) is 49.6 Å². The molecule has 2 aromatic heterocycles. The van der Waals surface area contributed by atoms with E-state index in [4.69, 9.17) is 16.6 Å². The number of benzene rings is 1. The van der Waals surface area contributed by atoms with Crippen LogP contribution in [0.15, 0.2) is 28.2 Å². The van der Waals surface area contributed by atoms with Gasteiger partial charge in [-0.3, -0.25) is 14.2 Å². The average molecular weight is 490 g/mol. The Morgan fingerprint density at radius 2 is 2.22 bits per heavy atom. The largest absolute Gasteiger partial charge is 0.353 e. The van der Waals surface area contributed by atoms with Crippen molar-refractivity contribution < 1.29 is 4.79 Å². The van der Waals surface area contributed by atoms with E-state index < -0.39 is 0 Å². The van der Waals surface area contributed by atoms with Gasteiger partial charge in [-0.25, -0.2) is 4.98 Å². The molecule has 1 aromatic carbocycles. The third kappa shape index (κ3) is 4.61. The van der Waals surface area contributed by atoms with Crippen molar-refractivity contribution >= 4 is 50.8 Å². The fraction of sp³-hybridized carbons (Fsp3) is 0.458. The fourth-order valence-corrected chi connectivity index (χ4v) is 6.39. The van der Waals surface area contributed by atoms with Gasteiger partial charge < -0.3 is 5.32 Å². The SMILES string of the molecule is CCC(C)NC(=O)CSc1nc2sc3c(c2c(=O)n1-c1ccc(C)c(Cl)c1)CCC(C)C3. The van der Waals surface area contributed by atoms with Crippen molar-refractivity contribution in [2.45, 2.75) is 64.6 Å². The molecule has 0 aliphatic heterocycles. The summed E-state index contributed by atoms with van der Waals surface area (Å²) in [5, 5.41) is 4.82. The number of aryl methyl sites for hydroxylation is 2. The van der Waals surface area contributed by atoms with E-state index in [1.807, 2.05) is 32.9 Å². The highest BCUT2D eigenvalue weighted by atomic mass is 35.5. The highest BCUT2D eigenvalue weighted by molar-refractivity contribution is 7.99. The number of aromatic nitrogens is 2. The molecular weight excluding hydrogens is 462 g/mol. The van der Waals surface area contributed by atoms with E-state index in [1.54, 1.807) is 22.0 Å². The summed E-state index contributed by atoms with van der Waals surface area (Å²) in [5.74, 6) is 0.752. The van der Waals surface area contributed by atoms with Crippen molar-refractivity contribution in [3.63, 3.8) is 0 Å². The van der Waals surface area contributed by atoms with Gasteiger partial charge in [-0.15, -0.1) is 11.3 Å². The van der Waals surface area contributed by atoms with Crippen LogP contribution in [0.4, 0.5) is 0 Å². The Morgan fingerprint density at radius 1 is 1.44 bits per heavy atom. The minimum atomic E-state index is -0.0770. The zero-order chi connectivity index (χ0) is 23.0. The molecule has 2 unspecified atom stereocenters. The Hall–Kier alpha value is -1.83. The number of amides is 1. The Morgan fingerprint density at radius 3 is 2.94 bits per heavy atom. The molecule has 8 heteroatoms. The van der Waals surface area contributed by atoms with Crippen LogP contribution in [0.3, 0.4) is 0 Å². The van der Waals surface area contributed by atoms with E-state index in [-0.39, 0.29) is 23.3 Å². The fourth-order valence-electron chi connectivity index (χ4n) is 3.97. The lowest BCUT2D eigenvalue weighted by molar-refractivity contribution is -0.119. The number of nitrogens with one attached hydrogen (secondary N) is 1. The Kier molecular flexibility index (Phi) is 6.98. The third-order valence-electron chi connectivity index (χ3n) is 6.06. The van der Waals surface area contributed by atoms with E-state index in [0.29, 0.717) is 21.8 Å². The molecule has 0 saturated carbocycles. The van der Waals surface area contributed by atoms with E-state index in [0.717, 1.165) is 47.0 Å². The molecule has 0 radical (unpaired) electrons. The summed E-state index contributed by atoms with van der Waals surface area (Å²) in [7, 11) is 0. The number of nitrogens with zero attached hydrogens (tertiary/aromatic N) is 2. The molecule has 2 heterocycles. The summed E-state index contributed by atoms with van der Waals surface area (Å²) in [6, 6.07) is 5.71. The lowest BCUT2D eigenvalue weighted by Gasteiger charge is -2.18. The van der Waals surface area contributed by atoms with Crippen molar-refractivity contribution in [2.75, 3.05) is 5.75 Å². The lowest BCUT2D eigenvalue weighted by Crippen LogP contribution is -2.33. The predicted molar refractivity (Wildman–Crippen MR) is 135 cm³/mol. The van der Waals surface area contributed by atoms with Crippen LogP contribution >= 0.6 is 34.7 Å². The molecule has 0 saturated heterocycles. The summed E-state index contributed by atoms with van der Waals surface area (Å²) in [6.45, 7) is 8.20. The zero-order valence-electron chi connectivity index (χ0n) is 18.8. The summed E-state index contributed by atoms with van der Waals surface area (Å²) in [4.78, 5) is 33.1. The van der Waals surface area contributed by atoms with Crippen LogP contribution < -0.4 is 10.9 Å². The molecule has 1 aliphatic carbocycles. The van der Waals surface area contributed by atoms with Crippen LogP contribution in [0.2, 0.25) is 5.02 Å². The Labute approximate surface area is 201 Å². The van der Waals surface area contributed by atoms with E-state index >= 15 is 0 Å². The highest BCUT2D eigenvalue weighted by Gasteiger charge is 2.25. The monoisotopic (exact) mass is 489 g/mol. The van der Waals surface area contributed by atoms with Crippen molar-refractivity contribution in [1.29, 1.82) is 0 Å². The number of rotatable bonds is 6. The van der Waals surface area contributed by atoms with Crippen LogP contribution in [0, 0.1) is 12.8 Å². The first-order chi connectivity index (χ1) is 15.3. The number of carbonyl (C=O) groups excluding carboxylic acids is 1. The van der Waals surface area contributed by atoms with Gasteiger partial charge in [-0.2, -0.15) is 0 Å². The smallest absolute Gasteiger partial charge is 0.267 e. The van der Waals surface area contributed by atoms with Gasteiger partial charge in [0, 0.05) is 15.9 Å². The highest BCUT2D eigenvalue weighted by Crippen LogP contribution is 2.37. The number of carbonyl (C=O) groups is 1. The van der Waals surface area contributed by atoms with Crippen molar-refractivity contribution in [2.24, 2.45) is 5.92 Å². The molecule has 5 nitrogen and oxygen atoms in total. The van der Waals surface area contributed by atoms with Crippen LogP contribution in [0.25, 0.3) is 15.9 Å². The number of thioether (sulfide) groups is 1. The average Bonchev–Trinajstić information content (AvgIpc) is 3.11. The number of fused-ring (bicyclic) bond motifs is 3. The molecule has 3 aromatic rings. The molecular formula is C24H28ClN3O2S2. The van der Waals surface area contributed by atoms with Crippen molar-refractivity contribution in [1.82, 2.24) is 14.9 Å². The van der Waals surface area contributed by atoms with Gasteiger partial charge in [0.15, 0.2) is 5.16 Å². The molecule has 4 rings (SSSR count). The van der Waals surface area contributed by atoms with Crippen LogP contribution in [-0.2, 0) is 17.6 Å². The maximum atomic E-state index is 13.8. The van der Waals surface area contributed by atoms with Gasteiger partial charge in [0.25, 0.3) is 5.56 Å². The first kappa shape index (κ1) is 23.3. The standard InChI is InChI=1S/C24H28ClN3O2S2/c1-5-15(4)26-20(29)12-31-24-27-22-21(17-9-6-13(2)10-19(17)32-22)23(30)28(24)16-8-7-14(3)18(25)11-16/h7-8,11,13,15H,5-6,9-10,12H2,1-4H3,(H,26,29). The first-order valence-electron chi connectivity index (χ1n) is 11.0. The van der Waals surface area contributed by atoms with Gasteiger partial charge in [0.1, 0.15) is 4.83 Å². The summed E-state index contributed by atoms with van der Waals surface area (Å²) in [6.07, 6.45) is 3.85. The van der Waals surface area contributed by atoms with Crippen LogP contribution in [0.5, 0.6) is 0 Å². The molecule has 32 heavy (non-hydrogen) atoms. The van der Waals surface area contributed by atoms with Gasteiger partial charge in [-0.1, -0.05) is 43.3 Å². The number of hydrogen-bond donors (Lipinski definition) is 1. The molecule has 1 N–H and O–H groups in total. The Balaban J connectivity index is 1.82. The first-order valence-corrected chi connectivity index (χ1v) is 13.2. The van der Waals surface area contributed by atoms with Crippen molar-refractivity contribution in [3.8, 4) is 5.69 Å². The molecule has 0 bridgehead atoms. The van der Waals surface area contributed by atoms with Gasteiger partial charge in [-0.05, 0) is 68.7 Å². The van der Waals surface area contributed by atoms with E-state index in [9.17, 15) is 9.59 Å². The summed E-state index contributed by atoms with van der Waals surface area (Å²) < 4.78 is 1.62. The van der Waals surface area contributed by atoms with E-state index in [1.165, 1.54) is 16.6 Å². The zero-order valence-corrected chi connectivity index (χ0v) is 21.2. The minimum absolute atomic E-state index is 0.0634. The summed E-state index contributed by atoms with van der Waals surface area (Å²) >= 11 is 9.31. The second-order valence-corrected chi connectivity index (χ2v) is 11.1. The number of halogens is 1. The quantitative estimate of drug-likeness (QED) is 0.364. The number of thiophene rings is 1. The molecule has 1 aliphatic rings. The van der Waals surface area contributed by atoms with Gasteiger partial charge in [0.2, 0.25) is 5.91 Å². The second-order valence-electron chi connectivity index (χ2n) is 8.67. The molecule has 1 amide bonds. The minimum Gasteiger partial charge on any atom is -0.353 e. The maximum Gasteiger partial charge on any atom is 0.267 e. The van der Waals surface area contributed by atoms with Gasteiger partial charge in [0.05, 0.1) is 16.8 Å². The van der Waals surface area contributed by atoms with Gasteiger partial charge >= 0.3 is 0 Å². The number of hydrogen-bond acceptors (Lipinski definition) is 5. The maximum absolute atomic E-state index is 13.8. The third-order valence-corrected chi connectivity index (χ3v) is 8.56. The molecule has 170 valence electrons. The molecule has 0 spiro atoms. The van der Waals surface area contributed by atoms with Crippen LogP contribution in [-0.4, -0.2) is 27.3 Å². The molecule has 0 fully saturated rings. The van der Waals surface area contributed by atoms with Crippen LogP contribution in [0.1, 0.15) is 49.6 Å². The normalized spacial score (nSPS) is 16.7. The predicted octanol–water partition coefficient (Wildman–Crippen LogP) is 5.54. The van der Waals surface area contributed by atoms with E-state index in [2.05, 4.69) is 12.2 Å². The molecule has 2 atom stereocenters. The summed E-state index contributed by atoms with van der Waals surface area (Å²) in [5.41, 5.74) is 2.70. The lowest BCUT2D eigenvalue weighted by atomic mass is 9.89.